The van der Waals surface area contributed by atoms with Gasteiger partial charge < -0.3 is 5.32 Å². The fourth-order valence-electron chi connectivity index (χ4n) is 4.21. The van der Waals surface area contributed by atoms with Gasteiger partial charge in [-0.2, -0.15) is 4.80 Å². The number of carbonyl (C=O) groups is 2. The van der Waals surface area contributed by atoms with Crippen molar-refractivity contribution in [2.75, 3.05) is 4.90 Å². The minimum absolute atomic E-state index is 0.133. The van der Waals surface area contributed by atoms with Crippen molar-refractivity contribution in [1.29, 1.82) is 0 Å². The van der Waals surface area contributed by atoms with E-state index in [4.69, 9.17) is 0 Å². The molecule has 0 bridgehead atoms. The summed E-state index contributed by atoms with van der Waals surface area (Å²) >= 11 is 2.97. The highest BCUT2D eigenvalue weighted by Gasteiger charge is 2.35. The minimum atomic E-state index is -0.782. The van der Waals surface area contributed by atoms with E-state index in [-0.39, 0.29) is 24.4 Å². The predicted molar refractivity (Wildman–Crippen MR) is 133 cm³/mol. The third-order valence-corrected chi connectivity index (χ3v) is 7.59. The van der Waals surface area contributed by atoms with Crippen molar-refractivity contribution in [1.82, 2.24) is 25.5 Å². The van der Waals surface area contributed by atoms with Crippen LogP contribution in [-0.2, 0) is 16.1 Å². The fraction of sp³-hybridized carbons (Fsp3) is 0.292. The number of anilines is 1. The van der Waals surface area contributed by atoms with Gasteiger partial charge >= 0.3 is 0 Å². The van der Waals surface area contributed by atoms with Crippen LogP contribution in [0, 0.1) is 0 Å². The van der Waals surface area contributed by atoms with Crippen molar-refractivity contribution >= 4 is 40.2 Å². The number of hydrogen-bond acceptors (Lipinski definition) is 7. The zero-order chi connectivity index (χ0) is 23.3. The van der Waals surface area contributed by atoms with E-state index < -0.39 is 6.04 Å². The van der Waals surface area contributed by atoms with E-state index >= 15 is 0 Å². The lowest BCUT2D eigenvalue weighted by Gasteiger charge is -2.31. The third-order valence-electron chi connectivity index (χ3n) is 5.79. The second kappa shape index (κ2) is 10.3. The number of benzene rings is 1. The van der Waals surface area contributed by atoms with E-state index in [1.807, 2.05) is 65.4 Å². The van der Waals surface area contributed by atoms with Crippen LogP contribution in [0.4, 0.5) is 5.69 Å². The number of carbonyl (C=O) groups excluding carboxylic acids is 2. The summed E-state index contributed by atoms with van der Waals surface area (Å²) in [5, 5.41) is 19.6. The maximum absolute atomic E-state index is 13.7. The van der Waals surface area contributed by atoms with Crippen LogP contribution in [0.2, 0.25) is 0 Å². The molecule has 4 aromatic rings. The molecular formula is C24H24N6O2S2. The summed E-state index contributed by atoms with van der Waals surface area (Å²) in [5.41, 5.74) is 0.645. The molecule has 1 fully saturated rings. The molecular weight excluding hydrogens is 468 g/mol. The van der Waals surface area contributed by atoms with Gasteiger partial charge in [0.25, 0.3) is 5.91 Å². The molecule has 1 aliphatic carbocycles. The molecule has 0 spiro atoms. The SMILES string of the molecule is O=C(NC1CCCC1)C(c1cccs1)N(C(=O)Cn1nnc(-c2cccs2)n1)c1ccccc1. The molecule has 0 aliphatic heterocycles. The molecule has 0 radical (unpaired) electrons. The first kappa shape index (κ1) is 22.4. The summed E-state index contributed by atoms with van der Waals surface area (Å²) < 4.78 is 0. The largest absolute Gasteiger partial charge is 0.351 e. The molecule has 8 nitrogen and oxygen atoms in total. The molecule has 1 saturated carbocycles. The molecule has 1 aliphatic rings. The van der Waals surface area contributed by atoms with Crippen LogP contribution < -0.4 is 10.2 Å². The monoisotopic (exact) mass is 492 g/mol. The zero-order valence-electron chi connectivity index (χ0n) is 18.4. The van der Waals surface area contributed by atoms with E-state index in [0.29, 0.717) is 11.5 Å². The number of amides is 2. The number of nitrogens with one attached hydrogen (secondary N) is 1. The Labute approximate surface area is 205 Å². The molecule has 2 amide bonds. The van der Waals surface area contributed by atoms with E-state index in [1.54, 1.807) is 4.90 Å². The van der Waals surface area contributed by atoms with Crippen LogP contribution in [-0.4, -0.2) is 38.1 Å². The summed E-state index contributed by atoms with van der Waals surface area (Å²) in [6.45, 7) is -0.133. The van der Waals surface area contributed by atoms with Crippen LogP contribution in [0.5, 0.6) is 0 Å². The number of rotatable bonds is 8. The molecule has 1 atom stereocenters. The maximum Gasteiger partial charge on any atom is 0.251 e. The van der Waals surface area contributed by atoms with Crippen LogP contribution in [0.3, 0.4) is 0 Å². The van der Waals surface area contributed by atoms with E-state index in [1.165, 1.54) is 27.5 Å². The first-order valence-electron chi connectivity index (χ1n) is 11.2. The lowest BCUT2D eigenvalue weighted by atomic mass is 10.1. The molecule has 1 aromatic carbocycles. The highest BCUT2D eigenvalue weighted by molar-refractivity contribution is 7.13. The molecule has 0 saturated heterocycles. The zero-order valence-corrected chi connectivity index (χ0v) is 20.0. The van der Waals surface area contributed by atoms with Gasteiger partial charge in [-0.25, -0.2) is 0 Å². The predicted octanol–water partition coefficient (Wildman–Crippen LogP) is 4.30. The summed E-state index contributed by atoms with van der Waals surface area (Å²) in [7, 11) is 0. The molecule has 10 heteroatoms. The number of tetrazole rings is 1. The van der Waals surface area contributed by atoms with Gasteiger partial charge in [-0.3, -0.25) is 14.5 Å². The first-order chi connectivity index (χ1) is 16.7. The first-order valence-corrected chi connectivity index (χ1v) is 13.0. The number of thiophene rings is 2. The van der Waals surface area contributed by atoms with Gasteiger partial charge in [0, 0.05) is 16.6 Å². The van der Waals surface area contributed by atoms with Gasteiger partial charge in [0.05, 0.1) is 4.88 Å². The topological polar surface area (TPSA) is 93.0 Å². The Morgan fingerprint density at radius 1 is 1.03 bits per heavy atom. The van der Waals surface area contributed by atoms with E-state index in [2.05, 4.69) is 20.7 Å². The smallest absolute Gasteiger partial charge is 0.251 e. The Hall–Kier alpha value is -3.37. The Kier molecular flexibility index (Phi) is 6.77. The van der Waals surface area contributed by atoms with Crippen LogP contribution in [0.15, 0.2) is 65.4 Å². The number of nitrogens with zero attached hydrogens (tertiary/aromatic N) is 5. The van der Waals surface area contributed by atoms with Crippen LogP contribution in [0.1, 0.15) is 36.6 Å². The van der Waals surface area contributed by atoms with Crippen molar-refractivity contribution in [2.45, 2.75) is 44.3 Å². The second-order valence-corrected chi connectivity index (χ2v) is 10.1. The average Bonchev–Trinajstić information content (AvgIpc) is 3.65. The number of para-hydroxylation sites is 1. The van der Waals surface area contributed by atoms with Crippen LogP contribution in [0.25, 0.3) is 10.7 Å². The molecule has 5 rings (SSSR count). The number of hydrogen-bond donors (Lipinski definition) is 1. The lowest BCUT2D eigenvalue weighted by molar-refractivity contribution is -0.127. The summed E-state index contributed by atoms with van der Waals surface area (Å²) in [5.74, 6) is 0.0153. The van der Waals surface area contributed by atoms with Gasteiger partial charge in [-0.1, -0.05) is 43.2 Å². The summed E-state index contributed by atoms with van der Waals surface area (Å²) in [6.07, 6.45) is 4.16. The maximum atomic E-state index is 13.7. The van der Waals surface area contributed by atoms with Gasteiger partial charge in [0.2, 0.25) is 11.7 Å². The van der Waals surface area contributed by atoms with Crippen molar-refractivity contribution in [2.24, 2.45) is 0 Å². The Morgan fingerprint density at radius 3 is 2.50 bits per heavy atom. The molecule has 34 heavy (non-hydrogen) atoms. The molecule has 174 valence electrons. The highest BCUT2D eigenvalue weighted by atomic mass is 32.1. The third kappa shape index (κ3) is 4.92. The quantitative estimate of drug-likeness (QED) is 0.396. The Balaban J connectivity index is 1.46. The van der Waals surface area contributed by atoms with Gasteiger partial charge in [0.15, 0.2) is 0 Å². The van der Waals surface area contributed by atoms with E-state index in [9.17, 15) is 9.59 Å². The Morgan fingerprint density at radius 2 is 1.79 bits per heavy atom. The summed E-state index contributed by atoms with van der Waals surface area (Å²) in [6, 6.07) is 16.3. The molecule has 3 aromatic heterocycles. The van der Waals surface area contributed by atoms with Crippen molar-refractivity contribution in [3.05, 3.63) is 70.2 Å². The molecule has 3 heterocycles. The van der Waals surface area contributed by atoms with Gasteiger partial charge in [0.1, 0.15) is 12.6 Å². The van der Waals surface area contributed by atoms with Crippen molar-refractivity contribution < 1.29 is 9.59 Å². The van der Waals surface area contributed by atoms with Gasteiger partial charge in [-0.05, 0) is 53.1 Å². The van der Waals surface area contributed by atoms with E-state index in [0.717, 1.165) is 35.4 Å². The van der Waals surface area contributed by atoms with Crippen molar-refractivity contribution in [3.8, 4) is 10.7 Å². The summed E-state index contributed by atoms with van der Waals surface area (Å²) in [4.78, 5) is 31.8. The average molecular weight is 493 g/mol. The molecule has 1 unspecified atom stereocenters. The highest BCUT2D eigenvalue weighted by Crippen LogP contribution is 2.32. The Bertz CT molecular complexity index is 1220. The van der Waals surface area contributed by atoms with Crippen LogP contribution >= 0.6 is 22.7 Å². The second-order valence-electron chi connectivity index (χ2n) is 8.13. The van der Waals surface area contributed by atoms with Gasteiger partial charge in [-0.15, -0.1) is 32.9 Å². The normalized spacial score (nSPS) is 14.7. The number of aromatic nitrogens is 4. The molecule has 1 N–H and O–H groups in total. The minimum Gasteiger partial charge on any atom is -0.351 e. The van der Waals surface area contributed by atoms with Crippen molar-refractivity contribution in [3.63, 3.8) is 0 Å². The standard InChI is InChI=1S/C24H24N6O2S2/c31-21(16-29-27-23(26-28-29)20-13-7-15-34-20)30(18-10-2-1-3-11-18)22(19-12-6-14-33-19)24(32)25-17-8-4-5-9-17/h1-3,6-7,10-15,17,22H,4-5,8-9,16H2,(H,25,32). The lowest BCUT2D eigenvalue weighted by Crippen LogP contribution is -2.47. The fourth-order valence-corrected chi connectivity index (χ4v) is 5.67.